The molecule has 1 fully saturated rings. The third kappa shape index (κ3) is 2.69. The summed E-state index contributed by atoms with van der Waals surface area (Å²) in [6, 6.07) is 12.1. The molecule has 112 valence electrons. The van der Waals surface area contributed by atoms with Gasteiger partial charge in [-0.25, -0.2) is 0 Å². The van der Waals surface area contributed by atoms with Crippen LogP contribution in [0.5, 0.6) is 0 Å². The zero-order chi connectivity index (χ0) is 14.9. The number of hydrogen-bond donors (Lipinski definition) is 0. The van der Waals surface area contributed by atoms with Crippen LogP contribution in [-0.4, -0.2) is 27.1 Å². The molecule has 0 unspecified atom stereocenters. The molecule has 0 bridgehead atoms. The Morgan fingerprint density at radius 1 is 1.18 bits per heavy atom. The van der Waals surface area contributed by atoms with Crippen LogP contribution in [0.25, 0.3) is 6.08 Å². The van der Waals surface area contributed by atoms with Gasteiger partial charge >= 0.3 is 0 Å². The number of amides is 1. The van der Waals surface area contributed by atoms with Gasteiger partial charge < -0.3 is 4.90 Å². The Labute approximate surface area is 130 Å². The maximum absolute atomic E-state index is 12.3. The van der Waals surface area contributed by atoms with Gasteiger partial charge in [0, 0.05) is 18.5 Å². The summed E-state index contributed by atoms with van der Waals surface area (Å²) in [6.07, 6.45) is 6.07. The van der Waals surface area contributed by atoms with Crippen molar-refractivity contribution in [2.24, 2.45) is 0 Å². The van der Waals surface area contributed by atoms with Gasteiger partial charge in [0.1, 0.15) is 0 Å². The van der Waals surface area contributed by atoms with Crippen LogP contribution in [0.4, 0.5) is 0 Å². The van der Waals surface area contributed by atoms with E-state index in [1.807, 2.05) is 41.3 Å². The summed E-state index contributed by atoms with van der Waals surface area (Å²) in [5.41, 5.74) is 3.42. The highest BCUT2D eigenvalue weighted by Gasteiger charge is 2.29. The Balaban J connectivity index is 1.45. The molecular weight excluding hydrogens is 274 g/mol. The Kier molecular flexibility index (Phi) is 3.29. The van der Waals surface area contributed by atoms with E-state index in [1.165, 1.54) is 18.5 Å². The molecule has 4 heteroatoms. The Hall–Kier alpha value is -2.36. The molecule has 4 rings (SSSR count). The summed E-state index contributed by atoms with van der Waals surface area (Å²) in [5, 5.41) is 4.66. The monoisotopic (exact) mass is 293 g/mol. The summed E-state index contributed by atoms with van der Waals surface area (Å²) in [6.45, 7) is 2.20. The van der Waals surface area contributed by atoms with Gasteiger partial charge in [-0.15, -0.1) is 0 Å². The van der Waals surface area contributed by atoms with Crippen molar-refractivity contribution in [3.05, 3.63) is 59.4 Å². The molecule has 0 N–H and O–H groups in total. The molecule has 1 saturated carbocycles. The van der Waals surface area contributed by atoms with Gasteiger partial charge in [-0.05, 0) is 30.5 Å². The maximum Gasteiger partial charge on any atom is 0.246 e. The highest BCUT2D eigenvalue weighted by Crippen LogP contribution is 2.39. The molecule has 1 aromatic heterocycles. The first kappa shape index (κ1) is 13.3. The fraction of sp³-hybridized carbons (Fsp3) is 0.333. The Bertz CT molecular complexity index is 713. The lowest BCUT2D eigenvalue weighted by molar-refractivity contribution is -0.127. The van der Waals surface area contributed by atoms with Gasteiger partial charge in [-0.1, -0.05) is 30.3 Å². The lowest BCUT2D eigenvalue weighted by Crippen LogP contribution is -2.37. The van der Waals surface area contributed by atoms with E-state index in [0.29, 0.717) is 12.5 Å². The van der Waals surface area contributed by atoms with Crippen LogP contribution in [0, 0.1) is 0 Å². The summed E-state index contributed by atoms with van der Waals surface area (Å²) in [5.74, 6) is 0.740. The molecule has 2 heterocycles. The fourth-order valence-corrected chi connectivity index (χ4v) is 2.89. The number of benzene rings is 1. The second-order valence-electron chi connectivity index (χ2n) is 6.06. The van der Waals surface area contributed by atoms with Gasteiger partial charge in [0.15, 0.2) is 0 Å². The average molecular weight is 293 g/mol. The van der Waals surface area contributed by atoms with Crippen molar-refractivity contribution in [1.82, 2.24) is 14.7 Å². The maximum atomic E-state index is 12.3. The SMILES string of the molecule is O=C(/C=C/c1ccccc1)N1CCn2nc(C3CC3)cc2C1. The summed E-state index contributed by atoms with van der Waals surface area (Å²) < 4.78 is 2.07. The minimum atomic E-state index is 0.0734. The van der Waals surface area contributed by atoms with Gasteiger partial charge in [0.25, 0.3) is 0 Å². The van der Waals surface area contributed by atoms with Crippen molar-refractivity contribution in [3.63, 3.8) is 0 Å². The molecule has 2 aliphatic rings. The van der Waals surface area contributed by atoms with E-state index in [0.717, 1.165) is 24.3 Å². The zero-order valence-electron chi connectivity index (χ0n) is 12.5. The van der Waals surface area contributed by atoms with Crippen LogP contribution >= 0.6 is 0 Å². The van der Waals surface area contributed by atoms with Crippen LogP contribution in [-0.2, 0) is 17.9 Å². The second-order valence-corrected chi connectivity index (χ2v) is 6.06. The van der Waals surface area contributed by atoms with Crippen molar-refractivity contribution < 1.29 is 4.79 Å². The summed E-state index contributed by atoms with van der Waals surface area (Å²) in [7, 11) is 0. The van der Waals surface area contributed by atoms with Crippen molar-refractivity contribution in [1.29, 1.82) is 0 Å². The quantitative estimate of drug-likeness (QED) is 0.816. The molecule has 1 amide bonds. The Morgan fingerprint density at radius 3 is 2.77 bits per heavy atom. The smallest absolute Gasteiger partial charge is 0.246 e. The van der Waals surface area contributed by atoms with E-state index in [2.05, 4.69) is 15.8 Å². The van der Waals surface area contributed by atoms with Crippen molar-refractivity contribution in [2.45, 2.75) is 31.8 Å². The summed E-state index contributed by atoms with van der Waals surface area (Å²) in [4.78, 5) is 14.2. The topological polar surface area (TPSA) is 38.1 Å². The number of aromatic nitrogens is 2. The van der Waals surface area contributed by atoms with E-state index in [9.17, 15) is 4.79 Å². The second kappa shape index (κ2) is 5.44. The highest BCUT2D eigenvalue weighted by molar-refractivity contribution is 5.91. The first-order chi connectivity index (χ1) is 10.8. The fourth-order valence-electron chi connectivity index (χ4n) is 2.89. The van der Waals surface area contributed by atoms with Gasteiger partial charge in [-0.3, -0.25) is 9.48 Å². The number of rotatable bonds is 3. The molecule has 0 atom stereocenters. The standard InChI is InChI=1S/C18H19N3O/c22-18(9-6-14-4-2-1-3-5-14)20-10-11-21-16(13-20)12-17(19-21)15-7-8-15/h1-6,9,12,15H,7-8,10-11,13H2/b9-6+. The third-order valence-corrected chi connectivity index (χ3v) is 4.34. The van der Waals surface area contributed by atoms with Gasteiger partial charge in [0.05, 0.1) is 24.5 Å². The number of carbonyl (C=O) groups is 1. The van der Waals surface area contributed by atoms with Crippen LogP contribution in [0.15, 0.2) is 42.5 Å². The van der Waals surface area contributed by atoms with E-state index in [1.54, 1.807) is 6.08 Å². The van der Waals surface area contributed by atoms with Crippen LogP contribution in [0.2, 0.25) is 0 Å². The number of carbonyl (C=O) groups excluding carboxylic acids is 1. The molecule has 22 heavy (non-hydrogen) atoms. The molecule has 0 saturated heterocycles. The van der Waals surface area contributed by atoms with Crippen LogP contribution in [0.1, 0.15) is 35.7 Å². The normalized spacial score (nSPS) is 17.7. The zero-order valence-corrected chi connectivity index (χ0v) is 12.5. The molecular formula is C18H19N3O. The highest BCUT2D eigenvalue weighted by atomic mass is 16.2. The van der Waals surface area contributed by atoms with E-state index >= 15 is 0 Å². The van der Waals surface area contributed by atoms with Gasteiger partial charge in [0.2, 0.25) is 5.91 Å². The van der Waals surface area contributed by atoms with E-state index in [4.69, 9.17) is 0 Å². The van der Waals surface area contributed by atoms with Crippen LogP contribution < -0.4 is 0 Å². The minimum Gasteiger partial charge on any atom is -0.331 e. The van der Waals surface area contributed by atoms with Crippen LogP contribution in [0.3, 0.4) is 0 Å². The first-order valence-corrected chi connectivity index (χ1v) is 7.88. The number of hydrogen-bond acceptors (Lipinski definition) is 2. The van der Waals surface area contributed by atoms with Crippen molar-refractivity contribution >= 4 is 12.0 Å². The van der Waals surface area contributed by atoms with E-state index < -0.39 is 0 Å². The Morgan fingerprint density at radius 2 is 2.00 bits per heavy atom. The predicted octanol–water partition coefficient (Wildman–Crippen LogP) is 2.82. The molecule has 1 aliphatic heterocycles. The first-order valence-electron chi connectivity index (χ1n) is 7.88. The predicted molar refractivity (Wildman–Crippen MR) is 85.1 cm³/mol. The van der Waals surface area contributed by atoms with Crippen molar-refractivity contribution in [2.75, 3.05) is 6.54 Å². The number of fused-ring (bicyclic) bond motifs is 1. The minimum absolute atomic E-state index is 0.0734. The van der Waals surface area contributed by atoms with E-state index in [-0.39, 0.29) is 5.91 Å². The lowest BCUT2D eigenvalue weighted by atomic mass is 10.2. The average Bonchev–Trinajstić information content (AvgIpc) is 3.32. The summed E-state index contributed by atoms with van der Waals surface area (Å²) >= 11 is 0. The van der Waals surface area contributed by atoms with Gasteiger partial charge in [-0.2, -0.15) is 5.10 Å². The molecule has 1 aromatic carbocycles. The molecule has 4 nitrogen and oxygen atoms in total. The molecule has 0 radical (unpaired) electrons. The molecule has 1 aliphatic carbocycles. The van der Waals surface area contributed by atoms with Crippen molar-refractivity contribution in [3.8, 4) is 0 Å². The largest absolute Gasteiger partial charge is 0.331 e. The lowest BCUT2D eigenvalue weighted by Gasteiger charge is -2.26. The third-order valence-electron chi connectivity index (χ3n) is 4.34. The number of nitrogens with zero attached hydrogens (tertiary/aromatic N) is 3. The molecule has 0 spiro atoms. The molecule has 2 aromatic rings.